The molecule has 504 valence electrons. The minimum Gasteiger partial charge on any atom is -0.391 e. The molecule has 0 fully saturated rings. The standard InChI is InChI=1S/3C25H51NO2/c1-19(2)12-9-13-21(5)14-10-15-22(6)16-11-17-25(8,28)23(7)18-26-24(27)20(3)4;1-9-23(27)25(8,26-24(28)20(4)5)18-12-17-22(7)16-11-15-21(6)14-10-13-19(2)3;1-9-23(26-24(27)20(4)5)25(8,28)18-12-17-22(7)16-11-15-21(6)14-10-13-19(2)3/h19-23,28H,9-18H2,1-8H3,(H,26,27);19-23,27H,9-18H2,1-8H3,(H,26,28);19-23,28H,9-18H2,1-8H3,(H,26,27). The fraction of sp³-hybridized carbons (Fsp3) is 0.960. The van der Waals surface area contributed by atoms with Crippen LogP contribution in [0.25, 0.3) is 0 Å². The largest absolute Gasteiger partial charge is 0.391 e. The lowest BCUT2D eigenvalue weighted by Crippen LogP contribution is -2.55. The van der Waals surface area contributed by atoms with Crippen molar-refractivity contribution in [1.29, 1.82) is 0 Å². The molecule has 0 saturated carbocycles. The summed E-state index contributed by atoms with van der Waals surface area (Å²) >= 11 is 0. The zero-order valence-electron chi connectivity index (χ0n) is 60.9. The predicted octanol–water partition coefficient (Wildman–Crippen LogP) is 20.0. The highest BCUT2D eigenvalue weighted by molar-refractivity contribution is 5.79. The van der Waals surface area contributed by atoms with Crippen LogP contribution in [0, 0.1) is 76.9 Å². The quantitative estimate of drug-likeness (QED) is 0.0358. The van der Waals surface area contributed by atoms with Gasteiger partial charge in [0.25, 0.3) is 0 Å². The van der Waals surface area contributed by atoms with E-state index in [9.17, 15) is 29.7 Å². The zero-order chi connectivity index (χ0) is 65.2. The van der Waals surface area contributed by atoms with Crippen LogP contribution in [0.15, 0.2) is 0 Å². The molecular weight excluding hydrogens is 1040 g/mol. The Bertz CT molecular complexity index is 1580. The first-order valence-electron chi connectivity index (χ1n) is 36.0. The van der Waals surface area contributed by atoms with Crippen molar-refractivity contribution in [3.8, 4) is 0 Å². The molecule has 0 aliphatic rings. The number of hydrogen-bond donors (Lipinski definition) is 6. The molecular formula is C75H153N3O6. The highest BCUT2D eigenvalue weighted by atomic mass is 16.3. The lowest BCUT2D eigenvalue weighted by molar-refractivity contribution is -0.128. The maximum atomic E-state index is 12.2. The van der Waals surface area contributed by atoms with Crippen LogP contribution in [0.4, 0.5) is 0 Å². The van der Waals surface area contributed by atoms with Crippen LogP contribution >= 0.6 is 0 Å². The smallest absolute Gasteiger partial charge is 0.223 e. The molecule has 9 nitrogen and oxygen atoms in total. The van der Waals surface area contributed by atoms with Gasteiger partial charge in [-0.05, 0) is 106 Å². The summed E-state index contributed by atoms with van der Waals surface area (Å²) in [6.45, 7) is 51.9. The summed E-state index contributed by atoms with van der Waals surface area (Å²) in [6, 6.07) is -0.163. The van der Waals surface area contributed by atoms with E-state index in [-0.39, 0.29) is 47.4 Å². The first-order chi connectivity index (χ1) is 39.0. The Morgan fingerprint density at radius 1 is 0.369 bits per heavy atom. The van der Waals surface area contributed by atoms with Gasteiger partial charge in [-0.2, -0.15) is 0 Å². The second-order valence-corrected chi connectivity index (χ2v) is 31.2. The Balaban J connectivity index is -0.00000117. The van der Waals surface area contributed by atoms with Gasteiger partial charge in [0.05, 0.1) is 28.9 Å². The monoisotopic (exact) mass is 1190 g/mol. The van der Waals surface area contributed by atoms with Gasteiger partial charge >= 0.3 is 0 Å². The Morgan fingerprint density at radius 3 is 0.940 bits per heavy atom. The van der Waals surface area contributed by atoms with Gasteiger partial charge in [-0.3, -0.25) is 14.4 Å². The summed E-state index contributed by atoms with van der Waals surface area (Å²) in [7, 11) is 0. The molecule has 0 spiro atoms. The molecule has 0 aliphatic carbocycles. The fourth-order valence-electron chi connectivity index (χ4n) is 11.7. The van der Waals surface area contributed by atoms with E-state index in [1.807, 2.05) is 83.1 Å². The van der Waals surface area contributed by atoms with E-state index in [1.54, 1.807) is 0 Å². The van der Waals surface area contributed by atoms with Gasteiger partial charge < -0.3 is 31.3 Å². The fourth-order valence-corrected chi connectivity index (χ4v) is 11.7. The van der Waals surface area contributed by atoms with Crippen LogP contribution < -0.4 is 16.0 Å². The van der Waals surface area contributed by atoms with Crippen molar-refractivity contribution in [2.24, 2.45) is 76.9 Å². The predicted molar refractivity (Wildman–Crippen MR) is 367 cm³/mol. The first-order valence-corrected chi connectivity index (χ1v) is 36.0. The van der Waals surface area contributed by atoms with Crippen molar-refractivity contribution in [1.82, 2.24) is 16.0 Å². The van der Waals surface area contributed by atoms with Crippen LogP contribution in [0.1, 0.15) is 352 Å². The van der Waals surface area contributed by atoms with Gasteiger partial charge in [0.2, 0.25) is 17.7 Å². The van der Waals surface area contributed by atoms with Gasteiger partial charge in [-0.1, -0.05) is 299 Å². The molecule has 0 aliphatic heterocycles. The van der Waals surface area contributed by atoms with Crippen LogP contribution in [0.2, 0.25) is 0 Å². The van der Waals surface area contributed by atoms with E-state index < -0.39 is 22.8 Å². The number of carbonyl (C=O) groups is 3. The van der Waals surface area contributed by atoms with Gasteiger partial charge in [0.15, 0.2) is 0 Å². The molecule has 12 unspecified atom stereocenters. The molecule has 84 heavy (non-hydrogen) atoms. The van der Waals surface area contributed by atoms with Crippen molar-refractivity contribution in [3.05, 3.63) is 0 Å². The molecule has 0 aromatic heterocycles. The molecule has 0 saturated heterocycles. The Labute approximate surface area is 525 Å². The number of carbonyl (C=O) groups excluding carboxylic acids is 3. The van der Waals surface area contributed by atoms with Crippen LogP contribution in [-0.2, 0) is 14.4 Å². The molecule has 12 atom stereocenters. The molecule has 9 heteroatoms. The van der Waals surface area contributed by atoms with Crippen LogP contribution in [-0.4, -0.2) is 68.5 Å². The maximum absolute atomic E-state index is 12.2. The number of aliphatic hydroxyl groups is 3. The number of amides is 3. The molecule has 0 bridgehead atoms. The number of hydrogen-bond acceptors (Lipinski definition) is 6. The minimum absolute atomic E-state index is 0.00378. The van der Waals surface area contributed by atoms with E-state index in [0.717, 1.165) is 92.8 Å². The second kappa shape index (κ2) is 49.1. The lowest BCUT2D eigenvalue weighted by atomic mass is 9.84. The number of rotatable bonds is 48. The number of aliphatic hydroxyl groups excluding tert-OH is 1. The molecule has 0 aromatic carbocycles. The second-order valence-electron chi connectivity index (χ2n) is 31.2. The van der Waals surface area contributed by atoms with E-state index in [2.05, 4.69) is 99.0 Å². The van der Waals surface area contributed by atoms with Crippen molar-refractivity contribution in [2.45, 2.75) is 381 Å². The summed E-state index contributed by atoms with van der Waals surface area (Å²) in [5, 5.41) is 41.2. The average molecular weight is 1190 g/mol. The number of nitrogens with one attached hydrogen (secondary N) is 3. The highest BCUT2D eigenvalue weighted by Crippen LogP contribution is 2.30. The first kappa shape index (κ1) is 86.5. The summed E-state index contributed by atoms with van der Waals surface area (Å²) in [5.41, 5.74) is -2.06. The minimum atomic E-state index is -0.829. The van der Waals surface area contributed by atoms with Gasteiger partial charge in [-0.25, -0.2) is 0 Å². The zero-order valence-corrected chi connectivity index (χ0v) is 60.9. The van der Waals surface area contributed by atoms with E-state index in [1.165, 1.54) is 128 Å². The third-order valence-electron chi connectivity index (χ3n) is 19.0. The normalized spacial score (nSPS) is 17.4. The topological polar surface area (TPSA) is 148 Å². The molecule has 6 N–H and O–H groups in total. The third kappa shape index (κ3) is 47.3. The Morgan fingerprint density at radius 2 is 0.655 bits per heavy atom. The van der Waals surface area contributed by atoms with E-state index in [0.29, 0.717) is 24.8 Å². The van der Waals surface area contributed by atoms with Crippen molar-refractivity contribution in [3.63, 3.8) is 0 Å². The third-order valence-corrected chi connectivity index (χ3v) is 19.0. The SMILES string of the molecule is CC(C)CCCC(C)CCCC(C)CCCC(C)(O)C(C)CNC(=O)C(C)C.CCC(NC(=O)C(C)C)C(C)(O)CCCC(C)CCCC(C)CCCC(C)C.CCC(O)C(C)(CCCC(C)CCCC(C)CCCC(C)C)NC(=O)C(C)C. The van der Waals surface area contributed by atoms with Crippen molar-refractivity contribution < 1.29 is 29.7 Å². The van der Waals surface area contributed by atoms with Gasteiger partial charge in [0, 0.05) is 30.2 Å². The molecule has 0 rings (SSSR count). The van der Waals surface area contributed by atoms with Crippen molar-refractivity contribution >= 4 is 17.7 Å². The molecule has 0 radical (unpaired) electrons. The van der Waals surface area contributed by atoms with Gasteiger partial charge in [0.1, 0.15) is 0 Å². The Kier molecular flexibility index (Phi) is 50.6. The molecule has 0 aromatic rings. The average Bonchev–Trinajstić information content (AvgIpc) is 3.61. The maximum Gasteiger partial charge on any atom is 0.223 e. The molecule has 0 heterocycles. The van der Waals surface area contributed by atoms with E-state index in [4.69, 9.17) is 0 Å². The molecule has 3 amide bonds. The van der Waals surface area contributed by atoms with Crippen LogP contribution in [0.5, 0.6) is 0 Å². The summed E-state index contributed by atoms with van der Waals surface area (Å²) in [5.74, 6) is 7.30. The van der Waals surface area contributed by atoms with Crippen LogP contribution in [0.3, 0.4) is 0 Å². The van der Waals surface area contributed by atoms with Gasteiger partial charge in [-0.15, -0.1) is 0 Å². The summed E-state index contributed by atoms with van der Waals surface area (Å²) in [4.78, 5) is 35.9. The highest BCUT2D eigenvalue weighted by Gasteiger charge is 2.35. The summed E-state index contributed by atoms with van der Waals surface area (Å²) < 4.78 is 0. The summed E-state index contributed by atoms with van der Waals surface area (Å²) in [6.07, 6.45) is 34.2. The van der Waals surface area contributed by atoms with Crippen molar-refractivity contribution in [2.75, 3.05) is 6.54 Å². The van der Waals surface area contributed by atoms with E-state index >= 15 is 0 Å². The Hall–Kier alpha value is -1.71. The lowest BCUT2D eigenvalue weighted by Gasteiger charge is -2.36.